The Hall–Kier alpha value is -1.58. The minimum Gasteiger partial charge on any atom is -0.487 e. The van der Waals surface area contributed by atoms with Crippen molar-refractivity contribution in [2.24, 2.45) is 0 Å². The van der Waals surface area contributed by atoms with Crippen LogP contribution in [-0.2, 0) is 0 Å². The van der Waals surface area contributed by atoms with Crippen molar-refractivity contribution in [3.05, 3.63) is 25.8 Å². The average molecular weight is 436 g/mol. The number of nitro groups is 1. The quantitative estimate of drug-likeness (QED) is 0.434. The molecule has 128 valence electrons. The van der Waals surface area contributed by atoms with Crippen molar-refractivity contribution in [2.45, 2.75) is 52.7 Å². The van der Waals surface area contributed by atoms with Crippen LogP contribution in [0, 0.1) is 13.7 Å². The number of carbonyl (C=O) groups excluding carboxylic acids is 1. The van der Waals surface area contributed by atoms with Crippen molar-refractivity contribution < 1.29 is 19.2 Å². The molecule has 0 saturated heterocycles. The van der Waals surface area contributed by atoms with E-state index in [1.807, 2.05) is 43.4 Å². The van der Waals surface area contributed by atoms with Gasteiger partial charge in [0, 0.05) is 17.7 Å². The van der Waals surface area contributed by atoms with E-state index in [9.17, 15) is 14.9 Å². The standard InChI is InChI=1S/C15H21IN2O5/c1-14(2,3)17-13(19)22-12-8-11(23-15(4,5)6)9(16)7-10(12)18(20)21/h7-8H,1-6H3,(H,17,19). The van der Waals surface area contributed by atoms with Gasteiger partial charge in [0.05, 0.1) is 8.49 Å². The molecule has 1 amide bonds. The molecule has 0 aliphatic rings. The highest BCUT2D eigenvalue weighted by Gasteiger charge is 2.25. The van der Waals surface area contributed by atoms with Crippen LogP contribution in [0.3, 0.4) is 0 Å². The number of carbonyl (C=O) groups is 1. The molecule has 8 heteroatoms. The van der Waals surface area contributed by atoms with Gasteiger partial charge in [-0.2, -0.15) is 0 Å². The number of nitrogens with zero attached hydrogens (tertiary/aromatic N) is 1. The molecule has 0 aliphatic carbocycles. The van der Waals surface area contributed by atoms with Crippen LogP contribution in [-0.4, -0.2) is 22.2 Å². The zero-order valence-electron chi connectivity index (χ0n) is 14.0. The number of nitro benzene ring substituents is 1. The van der Waals surface area contributed by atoms with Crippen molar-refractivity contribution in [1.29, 1.82) is 0 Å². The fourth-order valence-electron chi connectivity index (χ4n) is 1.59. The summed E-state index contributed by atoms with van der Waals surface area (Å²) < 4.78 is 11.4. The normalized spacial score (nSPS) is 11.8. The number of hydrogen-bond donors (Lipinski definition) is 1. The number of nitrogens with one attached hydrogen (secondary N) is 1. The molecule has 0 aliphatic heterocycles. The van der Waals surface area contributed by atoms with Crippen molar-refractivity contribution in [1.82, 2.24) is 5.32 Å². The van der Waals surface area contributed by atoms with Gasteiger partial charge in [0.15, 0.2) is 0 Å². The summed E-state index contributed by atoms with van der Waals surface area (Å²) in [6.07, 6.45) is -0.761. The molecule has 0 bridgehead atoms. The number of halogens is 1. The second kappa shape index (κ2) is 6.90. The summed E-state index contributed by atoms with van der Waals surface area (Å²) >= 11 is 1.95. The van der Waals surface area contributed by atoms with E-state index in [-0.39, 0.29) is 11.4 Å². The predicted octanol–water partition coefficient (Wildman–Crippen LogP) is 4.26. The maximum atomic E-state index is 11.9. The third-order valence-corrected chi connectivity index (χ3v) is 3.15. The lowest BCUT2D eigenvalue weighted by atomic mass is 10.1. The number of hydrogen-bond acceptors (Lipinski definition) is 5. The van der Waals surface area contributed by atoms with Gasteiger partial charge >= 0.3 is 11.8 Å². The van der Waals surface area contributed by atoms with Gasteiger partial charge in [0.25, 0.3) is 0 Å². The van der Waals surface area contributed by atoms with Crippen LogP contribution in [0.25, 0.3) is 0 Å². The lowest BCUT2D eigenvalue weighted by Crippen LogP contribution is -2.42. The van der Waals surface area contributed by atoms with Gasteiger partial charge < -0.3 is 14.8 Å². The summed E-state index contributed by atoms with van der Waals surface area (Å²) in [5, 5.41) is 13.8. The second-order valence-electron chi connectivity index (χ2n) is 6.99. The Morgan fingerprint density at radius 1 is 1.17 bits per heavy atom. The summed E-state index contributed by atoms with van der Waals surface area (Å²) in [5.41, 5.74) is -1.29. The molecule has 1 aromatic rings. The molecule has 0 spiro atoms. The van der Waals surface area contributed by atoms with Gasteiger partial charge in [-0.3, -0.25) is 10.1 Å². The molecule has 1 rings (SSSR count). The fraction of sp³-hybridized carbons (Fsp3) is 0.533. The van der Waals surface area contributed by atoms with E-state index in [1.165, 1.54) is 12.1 Å². The van der Waals surface area contributed by atoms with Crippen molar-refractivity contribution >= 4 is 34.4 Å². The Morgan fingerprint density at radius 3 is 2.17 bits per heavy atom. The van der Waals surface area contributed by atoms with E-state index in [0.29, 0.717) is 9.32 Å². The van der Waals surface area contributed by atoms with E-state index in [0.717, 1.165) is 0 Å². The Morgan fingerprint density at radius 2 is 1.74 bits per heavy atom. The molecule has 7 nitrogen and oxygen atoms in total. The molecule has 0 aromatic heterocycles. The third kappa shape index (κ3) is 6.59. The Bertz CT molecular complexity index is 618. The van der Waals surface area contributed by atoms with Gasteiger partial charge in [0.2, 0.25) is 5.75 Å². The number of ether oxygens (including phenoxy) is 2. The molecule has 23 heavy (non-hydrogen) atoms. The topological polar surface area (TPSA) is 90.7 Å². The molecule has 0 unspecified atom stereocenters. The Kier molecular flexibility index (Phi) is 5.84. The zero-order chi connectivity index (χ0) is 18.0. The SMILES string of the molecule is CC(C)(C)NC(=O)Oc1cc(OC(C)(C)C)c(I)cc1[N+](=O)[O-]. The van der Waals surface area contributed by atoms with Gasteiger partial charge in [-0.25, -0.2) is 4.79 Å². The van der Waals surface area contributed by atoms with E-state index in [4.69, 9.17) is 9.47 Å². The first kappa shape index (κ1) is 19.5. The number of rotatable bonds is 3. The minimum absolute atomic E-state index is 0.156. The predicted molar refractivity (Wildman–Crippen MR) is 95.1 cm³/mol. The summed E-state index contributed by atoms with van der Waals surface area (Å²) in [6, 6.07) is 2.69. The van der Waals surface area contributed by atoms with Crippen LogP contribution >= 0.6 is 22.6 Å². The molecule has 1 aromatic carbocycles. The third-order valence-electron chi connectivity index (χ3n) is 2.31. The maximum Gasteiger partial charge on any atom is 0.413 e. The molecule has 0 fully saturated rings. The highest BCUT2D eigenvalue weighted by atomic mass is 127. The molecular weight excluding hydrogens is 415 g/mol. The monoisotopic (exact) mass is 436 g/mol. The van der Waals surface area contributed by atoms with Gasteiger partial charge in [0.1, 0.15) is 11.4 Å². The zero-order valence-corrected chi connectivity index (χ0v) is 16.2. The highest BCUT2D eigenvalue weighted by Crippen LogP contribution is 2.37. The summed E-state index contributed by atoms with van der Waals surface area (Å²) in [4.78, 5) is 22.5. The molecule has 1 N–H and O–H groups in total. The first-order valence-electron chi connectivity index (χ1n) is 6.95. The molecular formula is C15H21IN2O5. The maximum absolute atomic E-state index is 11.9. The number of benzene rings is 1. The molecule has 0 radical (unpaired) electrons. The van der Waals surface area contributed by atoms with E-state index in [1.54, 1.807) is 20.8 Å². The summed E-state index contributed by atoms with van der Waals surface area (Å²) in [6.45, 7) is 10.9. The Labute approximate surface area is 149 Å². The summed E-state index contributed by atoms with van der Waals surface area (Å²) in [7, 11) is 0. The van der Waals surface area contributed by atoms with E-state index in [2.05, 4.69) is 5.32 Å². The van der Waals surface area contributed by atoms with Crippen molar-refractivity contribution in [3.8, 4) is 11.5 Å². The van der Waals surface area contributed by atoms with Crippen LogP contribution in [0.5, 0.6) is 11.5 Å². The first-order valence-corrected chi connectivity index (χ1v) is 8.03. The lowest BCUT2D eigenvalue weighted by Gasteiger charge is -2.23. The lowest BCUT2D eigenvalue weighted by molar-refractivity contribution is -0.385. The smallest absolute Gasteiger partial charge is 0.413 e. The summed E-state index contributed by atoms with van der Waals surface area (Å²) in [5.74, 6) is 0.263. The van der Waals surface area contributed by atoms with Crippen LogP contribution in [0.15, 0.2) is 12.1 Å². The van der Waals surface area contributed by atoms with Crippen molar-refractivity contribution in [2.75, 3.05) is 0 Å². The fourth-order valence-corrected chi connectivity index (χ4v) is 2.15. The van der Waals surface area contributed by atoms with Gasteiger partial charge in [-0.15, -0.1) is 0 Å². The first-order chi connectivity index (χ1) is 10.3. The van der Waals surface area contributed by atoms with Gasteiger partial charge in [-0.05, 0) is 64.1 Å². The number of amides is 1. The van der Waals surface area contributed by atoms with E-state index < -0.39 is 22.2 Å². The van der Waals surface area contributed by atoms with Crippen LogP contribution < -0.4 is 14.8 Å². The average Bonchev–Trinajstić information content (AvgIpc) is 2.28. The second-order valence-corrected chi connectivity index (χ2v) is 8.15. The van der Waals surface area contributed by atoms with E-state index >= 15 is 0 Å². The van der Waals surface area contributed by atoms with Crippen molar-refractivity contribution in [3.63, 3.8) is 0 Å². The van der Waals surface area contributed by atoms with Crippen LogP contribution in [0.1, 0.15) is 41.5 Å². The molecule has 0 heterocycles. The van der Waals surface area contributed by atoms with Crippen LogP contribution in [0.4, 0.5) is 10.5 Å². The Balaban J connectivity index is 3.19. The largest absolute Gasteiger partial charge is 0.487 e. The molecule has 0 atom stereocenters. The molecule has 0 saturated carbocycles. The highest BCUT2D eigenvalue weighted by molar-refractivity contribution is 14.1. The minimum atomic E-state index is -0.761. The van der Waals surface area contributed by atoms with Crippen LogP contribution in [0.2, 0.25) is 0 Å². The van der Waals surface area contributed by atoms with Gasteiger partial charge in [-0.1, -0.05) is 0 Å².